The van der Waals surface area contributed by atoms with Crippen molar-refractivity contribution in [1.29, 1.82) is 0 Å². The predicted octanol–water partition coefficient (Wildman–Crippen LogP) is 6.51. The summed E-state index contributed by atoms with van der Waals surface area (Å²) in [5, 5.41) is 11.6. The molecule has 1 aromatic heterocycles. The zero-order chi connectivity index (χ0) is 29.8. The van der Waals surface area contributed by atoms with Crippen molar-refractivity contribution in [3.63, 3.8) is 0 Å². The Morgan fingerprint density at radius 2 is 1.81 bits per heavy atom. The lowest BCUT2D eigenvalue weighted by atomic mass is 9.94. The third kappa shape index (κ3) is 5.95. The van der Waals surface area contributed by atoms with Crippen LogP contribution in [0.5, 0.6) is 23.0 Å². The van der Waals surface area contributed by atoms with Crippen LogP contribution in [0, 0.1) is 0 Å². The smallest absolute Gasteiger partial charge is 0.255 e. The van der Waals surface area contributed by atoms with Crippen molar-refractivity contribution in [2.75, 3.05) is 31.5 Å². The fourth-order valence-corrected chi connectivity index (χ4v) is 5.13. The average Bonchev–Trinajstić information content (AvgIpc) is 3.44. The summed E-state index contributed by atoms with van der Waals surface area (Å²) in [6, 6.07) is 15.3. The molecule has 0 saturated carbocycles. The van der Waals surface area contributed by atoms with Crippen LogP contribution >= 0.6 is 23.2 Å². The van der Waals surface area contributed by atoms with Gasteiger partial charge in [0.2, 0.25) is 5.95 Å². The van der Waals surface area contributed by atoms with Crippen molar-refractivity contribution in [2.24, 2.45) is 0 Å². The van der Waals surface area contributed by atoms with E-state index in [1.54, 1.807) is 48.2 Å². The van der Waals surface area contributed by atoms with Gasteiger partial charge in [-0.1, -0.05) is 35.3 Å². The van der Waals surface area contributed by atoms with Gasteiger partial charge in [0.25, 0.3) is 5.91 Å². The first-order chi connectivity index (χ1) is 20.3. The Morgan fingerprint density at radius 3 is 2.55 bits per heavy atom. The molecule has 2 N–H and O–H groups in total. The van der Waals surface area contributed by atoms with Crippen LogP contribution in [0.3, 0.4) is 0 Å². The first-order valence-corrected chi connectivity index (χ1v) is 13.8. The number of methoxy groups -OCH3 is 2. The number of ether oxygens (including phenoxy) is 4. The van der Waals surface area contributed by atoms with E-state index < -0.39 is 6.04 Å². The zero-order valence-corrected chi connectivity index (χ0v) is 24.9. The van der Waals surface area contributed by atoms with Gasteiger partial charge in [0.15, 0.2) is 11.5 Å². The third-order valence-corrected chi connectivity index (χ3v) is 7.26. The molecule has 1 atom stereocenters. The molecule has 0 fully saturated rings. The van der Waals surface area contributed by atoms with Gasteiger partial charge in [-0.15, -0.1) is 0 Å². The number of halogens is 2. The van der Waals surface area contributed by atoms with E-state index in [0.717, 1.165) is 11.1 Å². The van der Waals surface area contributed by atoms with Crippen LogP contribution in [0.1, 0.15) is 31.0 Å². The molecule has 0 unspecified atom stereocenters. The van der Waals surface area contributed by atoms with Gasteiger partial charge in [-0.3, -0.25) is 4.79 Å². The maximum atomic E-state index is 13.9. The Balaban J connectivity index is 1.50. The average molecular weight is 610 g/mol. The van der Waals surface area contributed by atoms with Crippen LogP contribution < -0.4 is 29.6 Å². The van der Waals surface area contributed by atoms with E-state index >= 15 is 0 Å². The standard InChI is InChI=1S/C30H29Cl2N5O5/c1-5-41-26-12-18(7-10-25(26)42-15-19-6-8-20(31)13-22(19)32)28-27(17(2)35-30-33-16-34-37(28)30)29(38)36-23-14-21(39-3)9-11-24(23)40-4/h6-14,16,28H,5,15H2,1-4H3,(H,36,38)(H,33,34,35)/t28-/m0/s1. The number of benzene rings is 3. The number of carbonyl (C=O) groups is 1. The molecule has 4 aromatic rings. The summed E-state index contributed by atoms with van der Waals surface area (Å²) >= 11 is 12.4. The molecule has 42 heavy (non-hydrogen) atoms. The second-order valence-electron chi connectivity index (χ2n) is 9.28. The number of anilines is 2. The van der Waals surface area contributed by atoms with Gasteiger partial charge in [-0.25, -0.2) is 4.68 Å². The highest BCUT2D eigenvalue weighted by molar-refractivity contribution is 6.35. The Kier molecular flexibility index (Phi) is 8.75. The molecular weight excluding hydrogens is 581 g/mol. The molecule has 1 aliphatic heterocycles. The van der Waals surface area contributed by atoms with Gasteiger partial charge < -0.3 is 29.6 Å². The summed E-state index contributed by atoms with van der Waals surface area (Å²) in [6.07, 6.45) is 1.44. The second kappa shape index (κ2) is 12.6. The highest BCUT2D eigenvalue weighted by atomic mass is 35.5. The summed E-state index contributed by atoms with van der Waals surface area (Å²) in [4.78, 5) is 18.2. The van der Waals surface area contributed by atoms with E-state index in [-0.39, 0.29) is 12.5 Å². The number of rotatable bonds is 10. The van der Waals surface area contributed by atoms with E-state index in [0.29, 0.717) is 62.6 Å². The second-order valence-corrected chi connectivity index (χ2v) is 10.1. The Labute approximate surface area is 253 Å². The fraction of sp³-hybridized carbons (Fsp3) is 0.233. The van der Waals surface area contributed by atoms with Crippen LogP contribution in [-0.2, 0) is 11.4 Å². The van der Waals surface area contributed by atoms with E-state index in [2.05, 4.69) is 20.7 Å². The molecule has 0 radical (unpaired) electrons. The number of nitrogens with zero attached hydrogens (tertiary/aromatic N) is 3. The normalized spacial score (nSPS) is 14.1. The van der Waals surface area contributed by atoms with E-state index in [1.807, 2.05) is 32.0 Å². The lowest BCUT2D eigenvalue weighted by molar-refractivity contribution is -0.113. The first kappa shape index (κ1) is 29.1. The fourth-order valence-electron chi connectivity index (χ4n) is 4.67. The van der Waals surface area contributed by atoms with Gasteiger partial charge in [0.1, 0.15) is 30.5 Å². The number of hydrogen-bond acceptors (Lipinski definition) is 8. The molecular formula is C30H29Cl2N5O5. The minimum atomic E-state index is -0.626. The number of amides is 1. The number of allylic oxidation sites excluding steroid dienone is 1. The molecule has 0 aliphatic carbocycles. The molecule has 5 rings (SSSR count). The summed E-state index contributed by atoms with van der Waals surface area (Å²) in [5.41, 5.74) is 3.04. The van der Waals surface area contributed by atoms with Crippen molar-refractivity contribution in [3.05, 3.63) is 93.4 Å². The number of hydrogen-bond donors (Lipinski definition) is 2. The minimum Gasteiger partial charge on any atom is -0.497 e. The molecule has 1 amide bonds. The number of carbonyl (C=O) groups excluding carboxylic acids is 1. The van der Waals surface area contributed by atoms with Crippen molar-refractivity contribution in [1.82, 2.24) is 14.8 Å². The van der Waals surface area contributed by atoms with Crippen molar-refractivity contribution in [3.8, 4) is 23.0 Å². The molecule has 2 heterocycles. The van der Waals surface area contributed by atoms with Gasteiger partial charge in [-0.05, 0) is 55.8 Å². The molecule has 0 spiro atoms. The van der Waals surface area contributed by atoms with Gasteiger partial charge in [0.05, 0.1) is 32.1 Å². The summed E-state index contributed by atoms with van der Waals surface area (Å²) < 4.78 is 24.5. The predicted molar refractivity (Wildman–Crippen MR) is 161 cm³/mol. The summed E-state index contributed by atoms with van der Waals surface area (Å²) in [5.74, 6) is 2.24. The largest absolute Gasteiger partial charge is 0.497 e. The Bertz CT molecular complexity index is 1660. The topological polar surface area (TPSA) is 109 Å². The lowest BCUT2D eigenvalue weighted by Crippen LogP contribution is -2.31. The summed E-state index contributed by atoms with van der Waals surface area (Å²) in [7, 11) is 3.09. The maximum absolute atomic E-state index is 13.9. The molecule has 218 valence electrons. The van der Waals surface area contributed by atoms with Gasteiger partial charge in [0, 0.05) is 27.4 Å². The summed E-state index contributed by atoms with van der Waals surface area (Å²) in [6.45, 7) is 4.32. The Morgan fingerprint density at radius 1 is 1.00 bits per heavy atom. The van der Waals surface area contributed by atoms with Crippen LogP contribution in [0.25, 0.3) is 0 Å². The SMILES string of the molecule is CCOc1cc([C@H]2C(C(=O)Nc3cc(OC)ccc3OC)=C(C)Nc3ncnn32)ccc1OCc1ccc(Cl)cc1Cl. The molecule has 3 aromatic carbocycles. The van der Waals surface area contributed by atoms with E-state index in [9.17, 15) is 4.79 Å². The van der Waals surface area contributed by atoms with Gasteiger partial charge >= 0.3 is 0 Å². The lowest BCUT2D eigenvalue weighted by Gasteiger charge is -2.29. The third-order valence-electron chi connectivity index (χ3n) is 6.68. The quantitative estimate of drug-likeness (QED) is 0.209. The van der Waals surface area contributed by atoms with Gasteiger partial charge in [-0.2, -0.15) is 10.1 Å². The maximum Gasteiger partial charge on any atom is 0.255 e. The zero-order valence-electron chi connectivity index (χ0n) is 23.4. The monoisotopic (exact) mass is 609 g/mol. The van der Waals surface area contributed by atoms with Crippen LogP contribution in [-0.4, -0.2) is 41.5 Å². The number of nitrogens with one attached hydrogen (secondary N) is 2. The highest BCUT2D eigenvalue weighted by Gasteiger charge is 2.34. The highest BCUT2D eigenvalue weighted by Crippen LogP contribution is 2.40. The van der Waals surface area contributed by atoms with Crippen LogP contribution in [0.2, 0.25) is 10.0 Å². The molecule has 1 aliphatic rings. The molecule has 0 bridgehead atoms. The number of fused-ring (bicyclic) bond motifs is 1. The molecule has 0 saturated heterocycles. The first-order valence-electron chi connectivity index (χ1n) is 13.1. The molecule has 12 heteroatoms. The van der Waals surface area contributed by atoms with Crippen LogP contribution in [0.4, 0.5) is 11.6 Å². The minimum absolute atomic E-state index is 0.213. The van der Waals surface area contributed by atoms with Crippen LogP contribution in [0.15, 0.2) is 72.2 Å². The van der Waals surface area contributed by atoms with E-state index in [1.165, 1.54) is 13.4 Å². The van der Waals surface area contributed by atoms with Crippen molar-refractivity contribution >= 4 is 40.7 Å². The van der Waals surface area contributed by atoms with E-state index in [4.69, 9.17) is 42.1 Å². The Hall–Kier alpha value is -4.41. The molecule has 10 nitrogen and oxygen atoms in total. The van der Waals surface area contributed by atoms with Crippen molar-refractivity contribution in [2.45, 2.75) is 26.5 Å². The number of aromatic nitrogens is 3. The van der Waals surface area contributed by atoms with Crippen molar-refractivity contribution < 1.29 is 23.7 Å².